The molecule has 72 valence electrons. The zero-order chi connectivity index (χ0) is 9.10. The maximum Gasteiger partial charge on any atom is 0.0731 e. The fourth-order valence-electron chi connectivity index (χ4n) is 2.37. The van der Waals surface area contributed by atoms with E-state index in [2.05, 4.69) is 16.7 Å². The molecule has 0 aromatic carbocycles. The minimum absolute atomic E-state index is 0.507. The highest BCUT2D eigenvalue weighted by molar-refractivity contribution is 5.01. The summed E-state index contributed by atoms with van der Waals surface area (Å²) in [7, 11) is 0. The second-order valence-electron chi connectivity index (χ2n) is 3.80. The van der Waals surface area contributed by atoms with Gasteiger partial charge in [-0.1, -0.05) is 5.92 Å². The topological polar surface area (TPSA) is 12.5 Å². The molecule has 0 aromatic heterocycles. The smallest absolute Gasteiger partial charge is 0.0731 e. The van der Waals surface area contributed by atoms with Crippen molar-refractivity contribution in [1.82, 2.24) is 4.90 Å². The molecule has 2 atom stereocenters. The van der Waals surface area contributed by atoms with Crippen LogP contribution in [0.2, 0.25) is 0 Å². The number of fused-ring (bicyclic) bond motifs is 1. The first-order valence-corrected chi connectivity index (χ1v) is 5.17. The molecule has 2 saturated heterocycles. The number of nitrogens with zero attached hydrogens (tertiary/aromatic N) is 1. The molecule has 0 radical (unpaired) electrons. The summed E-state index contributed by atoms with van der Waals surface area (Å²) in [6.45, 7) is 5.00. The van der Waals surface area contributed by atoms with Gasteiger partial charge in [0.15, 0.2) is 0 Å². The third-order valence-corrected chi connectivity index (χ3v) is 3.04. The van der Waals surface area contributed by atoms with Gasteiger partial charge in [0.1, 0.15) is 0 Å². The van der Waals surface area contributed by atoms with Gasteiger partial charge in [-0.2, -0.15) is 0 Å². The second kappa shape index (κ2) is 4.13. The van der Waals surface area contributed by atoms with E-state index in [1.807, 2.05) is 6.92 Å². The van der Waals surface area contributed by atoms with Crippen LogP contribution in [-0.2, 0) is 4.74 Å². The normalized spacial score (nSPS) is 33.6. The van der Waals surface area contributed by atoms with Gasteiger partial charge in [0.25, 0.3) is 0 Å². The van der Waals surface area contributed by atoms with Crippen LogP contribution < -0.4 is 0 Å². The number of likely N-dealkylation sites (tertiary alicyclic amines) is 1. The van der Waals surface area contributed by atoms with E-state index in [1.165, 1.54) is 25.8 Å². The minimum atomic E-state index is 0.507. The lowest BCUT2D eigenvalue weighted by molar-refractivity contribution is 0.0323. The Kier molecular flexibility index (Phi) is 2.87. The van der Waals surface area contributed by atoms with Gasteiger partial charge >= 0.3 is 0 Å². The quantitative estimate of drug-likeness (QED) is 0.562. The molecule has 2 fully saturated rings. The van der Waals surface area contributed by atoms with E-state index < -0.39 is 0 Å². The summed E-state index contributed by atoms with van der Waals surface area (Å²) in [6, 6.07) is 0.662. The summed E-state index contributed by atoms with van der Waals surface area (Å²) in [5.74, 6) is 6.11. The monoisotopic (exact) mass is 179 g/mol. The molecule has 0 saturated carbocycles. The summed E-state index contributed by atoms with van der Waals surface area (Å²) in [4.78, 5) is 2.48. The van der Waals surface area contributed by atoms with Gasteiger partial charge in [-0.25, -0.2) is 0 Å². The Bertz CT molecular complexity index is 228. The molecule has 0 amide bonds. The van der Waals surface area contributed by atoms with E-state index >= 15 is 0 Å². The summed E-state index contributed by atoms with van der Waals surface area (Å²) >= 11 is 0. The molecular formula is C11H17NO. The third kappa shape index (κ3) is 1.87. The molecule has 2 heteroatoms. The molecule has 2 rings (SSSR count). The molecule has 2 heterocycles. The maximum atomic E-state index is 5.68. The Labute approximate surface area is 80.2 Å². The maximum absolute atomic E-state index is 5.68. The average Bonchev–Trinajstić information content (AvgIpc) is 2.62. The molecule has 0 unspecified atom stereocenters. The molecule has 0 spiro atoms. The number of piperidine rings is 1. The van der Waals surface area contributed by atoms with Crippen molar-refractivity contribution >= 4 is 0 Å². The standard InChI is InChI=1S/C11H17NO/c1-2-3-7-12-8-4-5-11-10(12)6-9-13-11/h10-11H,4-9H2,1H3/t10-,11-/m0/s1. The van der Waals surface area contributed by atoms with E-state index in [9.17, 15) is 0 Å². The predicted octanol–water partition coefficient (Wildman–Crippen LogP) is 1.26. The van der Waals surface area contributed by atoms with Crippen LogP contribution in [0.25, 0.3) is 0 Å². The van der Waals surface area contributed by atoms with Crippen LogP contribution in [0.4, 0.5) is 0 Å². The fraction of sp³-hybridized carbons (Fsp3) is 0.818. The van der Waals surface area contributed by atoms with Gasteiger partial charge in [0, 0.05) is 12.6 Å². The zero-order valence-corrected chi connectivity index (χ0v) is 8.25. The Balaban J connectivity index is 1.96. The van der Waals surface area contributed by atoms with Crippen LogP contribution in [0, 0.1) is 11.8 Å². The number of hydrogen-bond acceptors (Lipinski definition) is 2. The summed E-state index contributed by atoms with van der Waals surface area (Å²) in [5, 5.41) is 0. The lowest BCUT2D eigenvalue weighted by atomic mass is 9.99. The van der Waals surface area contributed by atoms with Crippen molar-refractivity contribution in [1.29, 1.82) is 0 Å². The lowest BCUT2D eigenvalue weighted by Gasteiger charge is -2.35. The highest BCUT2D eigenvalue weighted by Gasteiger charge is 2.35. The first-order chi connectivity index (χ1) is 6.42. The lowest BCUT2D eigenvalue weighted by Crippen LogP contribution is -2.45. The Morgan fingerprint density at radius 1 is 1.46 bits per heavy atom. The van der Waals surface area contributed by atoms with Crippen LogP contribution in [0.3, 0.4) is 0 Å². The van der Waals surface area contributed by atoms with Crippen LogP contribution in [-0.4, -0.2) is 36.7 Å². The Morgan fingerprint density at radius 2 is 2.38 bits per heavy atom. The Hall–Kier alpha value is -0.520. The van der Waals surface area contributed by atoms with Crippen molar-refractivity contribution in [3.05, 3.63) is 0 Å². The van der Waals surface area contributed by atoms with E-state index in [-0.39, 0.29) is 0 Å². The van der Waals surface area contributed by atoms with Gasteiger partial charge in [-0.05, 0) is 32.7 Å². The van der Waals surface area contributed by atoms with Crippen LogP contribution in [0.5, 0.6) is 0 Å². The summed E-state index contributed by atoms with van der Waals surface area (Å²) < 4.78 is 5.68. The number of rotatable bonds is 1. The average molecular weight is 179 g/mol. The van der Waals surface area contributed by atoms with Crippen molar-refractivity contribution in [3.63, 3.8) is 0 Å². The first-order valence-electron chi connectivity index (χ1n) is 5.17. The van der Waals surface area contributed by atoms with Crippen molar-refractivity contribution in [2.45, 2.75) is 38.3 Å². The van der Waals surface area contributed by atoms with Gasteiger partial charge in [-0.3, -0.25) is 4.90 Å². The van der Waals surface area contributed by atoms with E-state index in [1.54, 1.807) is 0 Å². The highest BCUT2D eigenvalue weighted by Crippen LogP contribution is 2.27. The predicted molar refractivity (Wildman–Crippen MR) is 52.4 cm³/mol. The van der Waals surface area contributed by atoms with Crippen molar-refractivity contribution in [3.8, 4) is 11.8 Å². The number of hydrogen-bond donors (Lipinski definition) is 0. The minimum Gasteiger partial charge on any atom is -0.377 e. The van der Waals surface area contributed by atoms with Crippen molar-refractivity contribution in [2.24, 2.45) is 0 Å². The summed E-state index contributed by atoms with van der Waals surface area (Å²) in [5.41, 5.74) is 0. The fourth-order valence-corrected chi connectivity index (χ4v) is 2.37. The van der Waals surface area contributed by atoms with E-state index in [0.29, 0.717) is 12.1 Å². The molecule has 0 aliphatic carbocycles. The van der Waals surface area contributed by atoms with E-state index in [0.717, 1.165) is 13.2 Å². The molecule has 0 N–H and O–H groups in total. The van der Waals surface area contributed by atoms with Gasteiger partial charge in [-0.15, -0.1) is 5.92 Å². The molecule has 2 aliphatic rings. The molecular weight excluding hydrogens is 162 g/mol. The molecule has 2 nitrogen and oxygen atoms in total. The molecule has 0 aromatic rings. The summed E-state index contributed by atoms with van der Waals surface area (Å²) in [6.07, 6.45) is 4.23. The van der Waals surface area contributed by atoms with Gasteiger partial charge < -0.3 is 4.74 Å². The van der Waals surface area contributed by atoms with Crippen LogP contribution in [0.15, 0.2) is 0 Å². The zero-order valence-electron chi connectivity index (χ0n) is 8.25. The van der Waals surface area contributed by atoms with Crippen LogP contribution >= 0.6 is 0 Å². The Morgan fingerprint density at radius 3 is 3.23 bits per heavy atom. The van der Waals surface area contributed by atoms with E-state index in [4.69, 9.17) is 4.74 Å². The van der Waals surface area contributed by atoms with Crippen LogP contribution in [0.1, 0.15) is 26.2 Å². The largest absolute Gasteiger partial charge is 0.377 e. The highest BCUT2D eigenvalue weighted by atomic mass is 16.5. The van der Waals surface area contributed by atoms with Crippen molar-refractivity contribution in [2.75, 3.05) is 19.7 Å². The third-order valence-electron chi connectivity index (χ3n) is 3.04. The van der Waals surface area contributed by atoms with Crippen molar-refractivity contribution < 1.29 is 4.74 Å². The molecule has 0 bridgehead atoms. The first kappa shape index (κ1) is 9.05. The molecule has 2 aliphatic heterocycles. The van der Waals surface area contributed by atoms with Gasteiger partial charge in [0.05, 0.1) is 12.6 Å². The second-order valence-corrected chi connectivity index (χ2v) is 3.80. The molecule has 13 heavy (non-hydrogen) atoms. The SMILES string of the molecule is CC#CCN1CCC[C@@H]2OCC[C@@H]21. The number of ether oxygens (including phenoxy) is 1. The van der Waals surface area contributed by atoms with Gasteiger partial charge in [0.2, 0.25) is 0 Å².